The molecule has 3 atom stereocenters. The lowest BCUT2D eigenvalue weighted by molar-refractivity contribution is -0.0801. The van der Waals surface area contributed by atoms with Crippen LogP contribution in [0.15, 0.2) is 30.3 Å². The summed E-state index contributed by atoms with van der Waals surface area (Å²) in [6, 6.07) is 7.04. The number of halogens is 2. The molecule has 0 radical (unpaired) electrons. The maximum Gasteiger partial charge on any atom is 0.178 e. The fourth-order valence-electron chi connectivity index (χ4n) is 3.91. The highest BCUT2D eigenvalue weighted by atomic mass is 19.1. The minimum atomic E-state index is -0.554. The number of aryl methyl sites for hydroxylation is 1. The van der Waals surface area contributed by atoms with Gasteiger partial charge < -0.3 is 10.1 Å². The van der Waals surface area contributed by atoms with Gasteiger partial charge in [-0.25, -0.2) is 8.78 Å². The Hall–Kier alpha value is -2.65. The van der Waals surface area contributed by atoms with E-state index in [1.54, 1.807) is 16.6 Å². The van der Waals surface area contributed by atoms with E-state index >= 15 is 0 Å². The van der Waals surface area contributed by atoms with E-state index in [-0.39, 0.29) is 24.3 Å². The molecule has 3 heterocycles. The van der Waals surface area contributed by atoms with Gasteiger partial charge in [-0.1, -0.05) is 6.07 Å². The molecular weight excluding hydrogens is 378 g/mol. The number of ether oxygens (including phenoxy) is 1. The molecule has 0 bridgehead atoms. The molecule has 1 aliphatic heterocycles. The maximum atomic E-state index is 14.6. The monoisotopic (exact) mass is 402 g/mol. The lowest BCUT2D eigenvalue weighted by Crippen LogP contribution is -2.48. The first-order valence-corrected chi connectivity index (χ1v) is 9.68. The van der Waals surface area contributed by atoms with Gasteiger partial charge in [0.15, 0.2) is 11.5 Å². The highest BCUT2D eigenvalue weighted by Gasteiger charge is 2.32. The Bertz CT molecular complexity index is 980. The van der Waals surface area contributed by atoms with E-state index < -0.39 is 17.7 Å². The number of aromatic nitrogens is 4. The van der Waals surface area contributed by atoms with Crippen LogP contribution in [0, 0.1) is 18.6 Å². The molecule has 7 nitrogen and oxygen atoms in total. The van der Waals surface area contributed by atoms with Crippen molar-refractivity contribution in [2.75, 3.05) is 25.0 Å². The summed E-state index contributed by atoms with van der Waals surface area (Å²) in [5, 5.41) is 15.7. The van der Waals surface area contributed by atoms with Crippen LogP contribution >= 0.6 is 0 Å². The van der Waals surface area contributed by atoms with E-state index in [4.69, 9.17) is 4.74 Å². The molecule has 1 saturated heterocycles. The number of morpholine rings is 1. The van der Waals surface area contributed by atoms with Crippen LogP contribution < -0.4 is 5.32 Å². The van der Waals surface area contributed by atoms with Gasteiger partial charge in [-0.15, -0.1) is 15.3 Å². The van der Waals surface area contributed by atoms with Crippen molar-refractivity contribution < 1.29 is 13.5 Å². The van der Waals surface area contributed by atoms with Crippen LogP contribution in [0.5, 0.6) is 0 Å². The third kappa shape index (κ3) is 4.06. The van der Waals surface area contributed by atoms with Crippen LogP contribution in [0.4, 0.5) is 14.6 Å². The van der Waals surface area contributed by atoms with Crippen LogP contribution in [0.1, 0.15) is 31.3 Å². The van der Waals surface area contributed by atoms with Crippen molar-refractivity contribution in [1.82, 2.24) is 24.7 Å². The normalized spacial score (nSPS) is 21.4. The van der Waals surface area contributed by atoms with Crippen molar-refractivity contribution in [3.05, 3.63) is 53.4 Å². The summed E-state index contributed by atoms with van der Waals surface area (Å²) in [6.07, 6.45) is -0.0459. The molecule has 0 amide bonds. The molecule has 1 aromatic carbocycles. The van der Waals surface area contributed by atoms with Crippen LogP contribution in [0.25, 0.3) is 5.65 Å². The first kappa shape index (κ1) is 19.7. The third-order valence-corrected chi connectivity index (χ3v) is 5.12. The van der Waals surface area contributed by atoms with Crippen molar-refractivity contribution in [3.8, 4) is 0 Å². The number of nitrogens with one attached hydrogen (secondary N) is 1. The molecule has 3 aromatic rings. The van der Waals surface area contributed by atoms with Crippen LogP contribution in [0.3, 0.4) is 0 Å². The lowest BCUT2D eigenvalue weighted by atomic mass is 10.0. The number of fused-ring (bicyclic) bond motifs is 1. The van der Waals surface area contributed by atoms with Crippen molar-refractivity contribution in [1.29, 1.82) is 0 Å². The average molecular weight is 402 g/mol. The van der Waals surface area contributed by atoms with E-state index in [0.29, 0.717) is 30.4 Å². The van der Waals surface area contributed by atoms with Crippen molar-refractivity contribution in [2.24, 2.45) is 0 Å². The van der Waals surface area contributed by atoms with Gasteiger partial charge in [-0.2, -0.15) is 4.52 Å². The Balaban J connectivity index is 1.63. The second-order valence-electron chi connectivity index (χ2n) is 7.48. The van der Waals surface area contributed by atoms with Gasteiger partial charge in [0.05, 0.1) is 18.2 Å². The molecule has 154 valence electrons. The first-order chi connectivity index (χ1) is 13.9. The Morgan fingerprint density at radius 3 is 2.48 bits per heavy atom. The maximum absolute atomic E-state index is 14.6. The fourth-order valence-corrected chi connectivity index (χ4v) is 3.91. The third-order valence-electron chi connectivity index (χ3n) is 5.12. The molecule has 1 aliphatic rings. The number of rotatable bonds is 5. The molecule has 9 heteroatoms. The van der Waals surface area contributed by atoms with Crippen molar-refractivity contribution >= 4 is 11.5 Å². The zero-order valence-corrected chi connectivity index (χ0v) is 16.6. The Morgan fingerprint density at radius 1 is 1.10 bits per heavy atom. The van der Waals surface area contributed by atoms with E-state index in [2.05, 4.69) is 25.5 Å². The Kier molecular flexibility index (Phi) is 5.42. The van der Waals surface area contributed by atoms with Gasteiger partial charge >= 0.3 is 0 Å². The predicted molar refractivity (Wildman–Crippen MR) is 105 cm³/mol. The van der Waals surface area contributed by atoms with Crippen molar-refractivity contribution in [2.45, 2.75) is 39.0 Å². The zero-order chi connectivity index (χ0) is 20.5. The van der Waals surface area contributed by atoms with Gasteiger partial charge in [0, 0.05) is 25.2 Å². The fraction of sp³-hybridized carbons (Fsp3) is 0.450. The molecule has 1 fully saturated rings. The zero-order valence-electron chi connectivity index (χ0n) is 16.6. The largest absolute Gasteiger partial charge is 0.373 e. The molecule has 1 N–H and O–H groups in total. The smallest absolute Gasteiger partial charge is 0.178 e. The summed E-state index contributed by atoms with van der Waals surface area (Å²) in [7, 11) is 0. The average Bonchev–Trinajstić information content (AvgIpc) is 3.04. The molecule has 0 saturated carbocycles. The number of anilines is 1. The summed E-state index contributed by atoms with van der Waals surface area (Å²) in [5.41, 5.74) is 0.698. The van der Waals surface area contributed by atoms with Crippen LogP contribution in [-0.2, 0) is 4.74 Å². The number of hydrogen-bond donors (Lipinski definition) is 1. The van der Waals surface area contributed by atoms with E-state index in [1.807, 2.05) is 20.8 Å². The first-order valence-electron chi connectivity index (χ1n) is 9.68. The van der Waals surface area contributed by atoms with Gasteiger partial charge in [-0.3, -0.25) is 4.90 Å². The summed E-state index contributed by atoms with van der Waals surface area (Å²) >= 11 is 0. The topological polar surface area (TPSA) is 67.6 Å². The molecule has 0 aliphatic carbocycles. The minimum Gasteiger partial charge on any atom is -0.373 e. The Morgan fingerprint density at radius 2 is 1.79 bits per heavy atom. The summed E-state index contributed by atoms with van der Waals surface area (Å²) in [5.74, 6) is 0.135. The molecule has 4 rings (SSSR count). The summed E-state index contributed by atoms with van der Waals surface area (Å²) in [6.45, 7) is 7.20. The molecule has 0 spiro atoms. The highest BCUT2D eigenvalue weighted by Crippen LogP contribution is 2.29. The molecular formula is C20H24F2N6O. The summed E-state index contributed by atoms with van der Waals surface area (Å²) < 4.78 is 36.7. The van der Waals surface area contributed by atoms with Gasteiger partial charge in [0.2, 0.25) is 0 Å². The second kappa shape index (κ2) is 8.00. The predicted octanol–water partition coefficient (Wildman–Crippen LogP) is 2.97. The lowest BCUT2D eigenvalue weighted by Gasteiger charge is -2.40. The van der Waals surface area contributed by atoms with Gasteiger partial charge in [0.1, 0.15) is 17.5 Å². The highest BCUT2D eigenvalue weighted by molar-refractivity contribution is 5.44. The second-order valence-corrected chi connectivity index (χ2v) is 7.48. The van der Waals surface area contributed by atoms with Crippen LogP contribution in [0.2, 0.25) is 0 Å². The number of nitrogens with zero attached hydrogens (tertiary/aromatic N) is 5. The van der Waals surface area contributed by atoms with E-state index in [0.717, 1.165) is 0 Å². The SMILES string of the molecule is Cc1nnc2ccc(NCC(c3c(F)cccc3F)N3CC(C)OC(C)C3)nn12. The van der Waals surface area contributed by atoms with E-state index in [9.17, 15) is 8.78 Å². The van der Waals surface area contributed by atoms with Crippen molar-refractivity contribution in [3.63, 3.8) is 0 Å². The van der Waals surface area contributed by atoms with Crippen LogP contribution in [-0.4, -0.2) is 56.6 Å². The minimum absolute atomic E-state index is 0.0229. The standard InChI is InChI=1S/C20H24F2N6O/c1-12-10-27(11-13(2)29-12)17(20-15(21)5-4-6-16(20)22)9-23-18-7-8-19-25-24-14(3)28(19)26-18/h4-8,12-13,17H,9-11H2,1-3H3,(H,23,26). The van der Waals surface area contributed by atoms with Gasteiger partial charge in [-0.05, 0) is 45.0 Å². The number of benzene rings is 1. The Labute approximate surface area is 167 Å². The molecule has 3 unspecified atom stereocenters. The molecule has 2 aromatic heterocycles. The summed E-state index contributed by atoms with van der Waals surface area (Å²) in [4.78, 5) is 2.07. The molecule has 29 heavy (non-hydrogen) atoms. The quantitative estimate of drug-likeness (QED) is 0.708. The van der Waals surface area contributed by atoms with Gasteiger partial charge in [0.25, 0.3) is 0 Å². The van der Waals surface area contributed by atoms with E-state index in [1.165, 1.54) is 18.2 Å². The number of hydrogen-bond acceptors (Lipinski definition) is 6.